The van der Waals surface area contributed by atoms with Gasteiger partial charge in [-0.15, -0.1) is 0 Å². The van der Waals surface area contributed by atoms with E-state index in [1.165, 1.54) is 0 Å². The molecular weight excluding hydrogens is 480 g/mol. The number of amides is 2. The monoisotopic (exact) mass is 518 g/mol. The molecule has 0 bridgehead atoms. The molecule has 1 unspecified atom stereocenters. The Kier molecular flexibility index (Phi) is 7.58. The van der Waals surface area contributed by atoms with Crippen LogP contribution in [0.3, 0.4) is 0 Å². The van der Waals surface area contributed by atoms with Crippen molar-refractivity contribution in [1.29, 1.82) is 0 Å². The molecule has 2 amide bonds. The Morgan fingerprint density at radius 2 is 2.08 bits per heavy atom. The van der Waals surface area contributed by atoms with Crippen molar-refractivity contribution in [2.24, 2.45) is 22.6 Å². The molecule has 36 heavy (non-hydrogen) atoms. The van der Waals surface area contributed by atoms with Crippen LogP contribution >= 0.6 is 11.6 Å². The maximum Gasteiger partial charge on any atom is 0.231 e. The minimum absolute atomic E-state index is 0.000264. The van der Waals surface area contributed by atoms with Crippen molar-refractivity contribution in [2.45, 2.75) is 89.4 Å². The molecule has 8 nitrogen and oxygen atoms in total. The Morgan fingerprint density at radius 1 is 1.36 bits per heavy atom. The van der Waals surface area contributed by atoms with Gasteiger partial charge in [-0.3, -0.25) is 14.5 Å². The highest BCUT2D eigenvalue weighted by atomic mass is 35.5. The molecular formula is C27H39ClN4O4. The van der Waals surface area contributed by atoms with E-state index in [0.29, 0.717) is 37.3 Å². The molecule has 1 aromatic rings. The zero-order valence-corrected chi connectivity index (χ0v) is 22.7. The molecule has 1 aromatic carbocycles. The molecule has 3 N–H and O–H groups in total. The van der Waals surface area contributed by atoms with E-state index in [1.807, 2.05) is 39.8 Å². The lowest BCUT2D eigenvalue weighted by Gasteiger charge is -2.40. The van der Waals surface area contributed by atoms with Crippen molar-refractivity contribution >= 4 is 29.4 Å². The second kappa shape index (κ2) is 10.2. The van der Waals surface area contributed by atoms with E-state index in [1.54, 1.807) is 18.1 Å². The summed E-state index contributed by atoms with van der Waals surface area (Å²) in [6.45, 7) is 8.58. The second-order valence-electron chi connectivity index (χ2n) is 11.0. The molecule has 9 heteroatoms. The minimum atomic E-state index is -0.436. The van der Waals surface area contributed by atoms with Gasteiger partial charge in [-0.25, -0.2) is 4.99 Å². The Morgan fingerprint density at radius 3 is 2.72 bits per heavy atom. The summed E-state index contributed by atoms with van der Waals surface area (Å²) in [5.74, 6) is 0.757. The van der Waals surface area contributed by atoms with Gasteiger partial charge in [-0.1, -0.05) is 25.4 Å². The Balaban J connectivity index is 1.51. The minimum Gasteiger partial charge on any atom is -0.487 e. The zero-order valence-electron chi connectivity index (χ0n) is 22.0. The summed E-state index contributed by atoms with van der Waals surface area (Å²) in [5, 5.41) is 3.85. The number of hydrogen-bond donors (Lipinski definition) is 2. The van der Waals surface area contributed by atoms with E-state index in [0.717, 1.165) is 24.2 Å². The van der Waals surface area contributed by atoms with Gasteiger partial charge < -0.3 is 20.5 Å². The van der Waals surface area contributed by atoms with E-state index in [-0.39, 0.29) is 41.7 Å². The van der Waals surface area contributed by atoms with Crippen molar-refractivity contribution in [1.82, 2.24) is 10.2 Å². The molecule has 4 atom stereocenters. The SMILES string of the molecule is CCC1(CC)CC(=O)N([C@H](CCOC)[C@H]2CC2C(=O)N[C@H]2CC(C)(C)Oc3ccc(Cl)cc32)C(N)=N1. The Hall–Kier alpha value is -2.32. The third-order valence-electron chi connectivity index (χ3n) is 8.03. The lowest BCUT2D eigenvalue weighted by molar-refractivity contribution is -0.133. The number of nitrogens with two attached hydrogens (primary N) is 1. The molecule has 4 rings (SSSR count). The van der Waals surface area contributed by atoms with E-state index in [2.05, 4.69) is 5.32 Å². The molecule has 1 saturated carbocycles. The molecule has 1 aliphatic carbocycles. The van der Waals surface area contributed by atoms with Crippen molar-refractivity contribution in [3.8, 4) is 5.75 Å². The maximum absolute atomic E-state index is 13.4. The van der Waals surface area contributed by atoms with Gasteiger partial charge in [0, 0.05) is 42.7 Å². The molecule has 2 aliphatic heterocycles. The molecule has 0 saturated heterocycles. The van der Waals surface area contributed by atoms with Crippen LogP contribution in [0.15, 0.2) is 23.2 Å². The van der Waals surface area contributed by atoms with Crippen LogP contribution in [0.4, 0.5) is 0 Å². The maximum atomic E-state index is 13.4. The second-order valence-corrected chi connectivity index (χ2v) is 11.4. The number of guanidine groups is 1. The van der Waals surface area contributed by atoms with Gasteiger partial charge in [-0.05, 0) is 63.6 Å². The van der Waals surface area contributed by atoms with Gasteiger partial charge in [0.05, 0.1) is 18.0 Å². The van der Waals surface area contributed by atoms with Crippen LogP contribution in [0.25, 0.3) is 0 Å². The number of nitrogens with zero attached hydrogens (tertiary/aromatic N) is 2. The highest BCUT2D eigenvalue weighted by Gasteiger charge is 2.53. The van der Waals surface area contributed by atoms with E-state index in [9.17, 15) is 9.59 Å². The van der Waals surface area contributed by atoms with Crippen molar-refractivity contribution in [3.05, 3.63) is 28.8 Å². The van der Waals surface area contributed by atoms with Crippen molar-refractivity contribution in [2.75, 3.05) is 13.7 Å². The van der Waals surface area contributed by atoms with Crippen molar-refractivity contribution in [3.63, 3.8) is 0 Å². The lowest BCUT2D eigenvalue weighted by atomic mass is 9.87. The topological polar surface area (TPSA) is 106 Å². The van der Waals surface area contributed by atoms with Gasteiger partial charge in [0.2, 0.25) is 11.8 Å². The largest absolute Gasteiger partial charge is 0.487 e. The number of fused-ring (bicyclic) bond motifs is 1. The number of hydrogen-bond acceptors (Lipinski definition) is 6. The smallest absolute Gasteiger partial charge is 0.231 e. The quantitative estimate of drug-likeness (QED) is 0.509. The van der Waals surface area contributed by atoms with Crippen LogP contribution in [-0.4, -0.2) is 53.6 Å². The van der Waals surface area contributed by atoms with Gasteiger partial charge in [0.25, 0.3) is 0 Å². The van der Waals surface area contributed by atoms with E-state index in [4.69, 9.17) is 31.8 Å². The van der Waals surface area contributed by atoms with Gasteiger partial charge in [-0.2, -0.15) is 0 Å². The number of carbonyl (C=O) groups excluding carboxylic acids is 2. The van der Waals surface area contributed by atoms with Crippen LogP contribution in [0.5, 0.6) is 5.75 Å². The van der Waals surface area contributed by atoms with Gasteiger partial charge >= 0.3 is 0 Å². The molecule has 0 radical (unpaired) electrons. The predicted molar refractivity (Wildman–Crippen MR) is 140 cm³/mol. The van der Waals surface area contributed by atoms with Crippen LogP contribution in [0.1, 0.15) is 77.8 Å². The van der Waals surface area contributed by atoms with Gasteiger partial charge in [0.15, 0.2) is 5.96 Å². The third kappa shape index (κ3) is 5.35. The Bertz CT molecular complexity index is 1040. The number of ether oxygens (including phenoxy) is 2. The van der Waals surface area contributed by atoms with Gasteiger partial charge in [0.1, 0.15) is 11.4 Å². The third-order valence-corrected chi connectivity index (χ3v) is 8.26. The molecule has 198 valence electrons. The fourth-order valence-electron chi connectivity index (χ4n) is 5.79. The molecule has 1 fully saturated rings. The lowest BCUT2D eigenvalue weighted by Crippen LogP contribution is -2.56. The van der Waals surface area contributed by atoms with Crippen LogP contribution in [0.2, 0.25) is 5.02 Å². The van der Waals surface area contributed by atoms with E-state index < -0.39 is 11.1 Å². The van der Waals surface area contributed by atoms with Crippen LogP contribution < -0.4 is 15.8 Å². The molecule has 0 spiro atoms. The van der Waals surface area contributed by atoms with Crippen LogP contribution in [0, 0.1) is 11.8 Å². The summed E-state index contributed by atoms with van der Waals surface area (Å²) in [7, 11) is 1.64. The molecule has 2 heterocycles. The van der Waals surface area contributed by atoms with E-state index >= 15 is 0 Å². The summed E-state index contributed by atoms with van der Waals surface area (Å²) in [5.41, 5.74) is 6.43. The highest BCUT2D eigenvalue weighted by molar-refractivity contribution is 6.30. The standard InChI is InChI=1S/C27H39ClN4O4/c1-6-27(7-2)15-23(33)32(25(29)31-27)21(10-11-35-5)17-13-18(17)24(34)30-20-14-26(3,4)36-22-9-8-16(28)12-19(20)22/h8-9,12,17-18,20-21H,6-7,10-11,13-15H2,1-5H3,(H2,29,31)(H,30,34)/t17-,18?,20-,21+/m0/s1. The summed E-state index contributed by atoms with van der Waals surface area (Å²) in [6.07, 6.45) is 3.78. The molecule has 3 aliphatic rings. The highest BCUT2D eigenvalue weighted by Crippen LogP contribution is 2.47. The molecule has 0 aromatic heterocycles. The number of carbonyl (C=O) groups is 2. The fourth-order valence-corrected chi connectivity index (χ4v) is 5.97. The predicted octanol–water partition coefficient (Wildman–Crippen LogP) is 4.21. The first-order valence-corrected chi connectivity index (χ1v) is 13.4. The fraction of sp³-hybridized carbons (Fsp3) is 0.667. The first-order chi connectivity index (χ1) is 17.0. The van der Waals surface area contributed by atoms with Crippen molar-refractivity contribution < 1.29 is 19.1 Å². The Labute approximate surface area is 218 Å². The van der Waals surface area contributed by atoms with Crippen LogP contribution in [-0.2, 0) is 14.3 Å². The number of methoxy groups -OCH3 is 1. The summed E-state index contributed by atoms with van der Waals surface area (Å²) in [6, 6.07) is 5.09. The number of nitrogens with one attached hydrogen (secondary N) is 1. The first kappa shape index (κ1) is 26.7. The number of aliphatic imine (C=N–C) groups is 1. The zero-order chi connectivity index (χ0) is 26.3. The average molecular weight is 519 g/mol. The average Bonchev–Trinajstić information content (AvgIpc) is 3.61. The number of benzene rings is 1. The summed E-state index contributed by atoms with van der Waals surface area (Å²) >= 11 is 6.25. The summed E-state index contributed by atoms with van der Waals surface area (Å²) in [4.78, 5) is 33.1. The summed E-state index contributed by atoms with van der Waals surface area (Å²) < 4.78 is 11.4. The first-order valence-electron chi connectivity index (χ1n) is 13.0. The number of rotatable bonds is 9. The normalized spacial score (nSPS) is 26.9. The number of halogens is 1.